The van der Waals surface area contributed by atoms with Crippen LogP contribution in [0.3, 0.4) is 0 Å². The Labute approximate surface area is 175 Å². The van der Waals surface area contributed by atoms with E-state index in [0.29, 0.717) is 49.1 Å². The van der Waals surface area contributed by atoms with E-state index < -0.39 is 12.1 Å². The molecule has 8 nitrogen and oxygen atoms in total. The third-order valence-electron chi connectivity index (χ3n) is 5.37. The number of fused-ring (bicyclic) bond motifs is 1. The molecule has 1 aromatic heterocycles. The third-order valence-corrected chi connectivity index (χ3v) is 5.37. The zero-order valence-electron chi connectivity index (χ0n) is 17.8. The van der Waals surface area contributed by atoms with Gasteiger partial charge >= 0.3 is 11.9 Å². The summed E-state index contributed by atoms with van der Waals surface area (Å²) in [6.07, 6.45) is 0.180. The van der Waals surface area contributed by atoms with Crippen LogP contribution in [0.25, 0.3) is 11.0 Å². The van der Waals surface area contributed by atoms with Crippen LogP contribution in [0.4, 0.5) is 0 Å². The second-order valence-electron chi connectivity index (χ2n) is 7.50. The number of hydrogen-bond donors (Lipinski definition) is 0. The highest BCUT2D eigenvalue weighted by atomic mass is 16.5. The summed E-state index contributed by atoms with van der Waals surface area (Å²) in [5.74, 6) is -1.25. The first-order valence-corrected chi connectivity index (χ1v) is 10.2. The lowest BCUT2D eigenvalue weighted by molar-refractivity contribution is -0.152. The van der Waals surface area contributed by atoms with Crippen LogP contribution in [0.5, 0.6) is 0 Å². The average Bonchev–Trinajstić information content (AvgIpc) is 2.74. The van der Waals surface area contributed by atoms with Crippen LogP contribution in [0.2, 0.25) is 0 Å². The molecule has 160 valence electrons. The van der Waals surface area contributed by atoms with Crippen molar-refractivity contribution < 1.29 is 23.9 Å². The largest absolute Gasteiger partial charge is 0.466 e. The molecule has 8 heteroatoms. The van der Waals surface area contributed by atoms with E-state index in [1.807, 2.05) is 13.8 Å². The van der Waals surface area contributed by atoms with Crippen LogP contribution in [0.15, 0.2) is 18.2 Å². The SMILES string of the molecule is CCOC(=O)C1CCN(C(=O)C(C)OC(=O)c2ccc3nc(C)c(C)nc3c2)CC1. The Morgan fingerprint density at radius 2 is 1.73 bits per heavy atom. The summed E-state index contributed by atoms with van der Waals surface area (Å²) < 4.78 is 10.4. The molecule has 0 aliphatic carbocycles. The van der Waals surface area contributed by atoms with E-state index in [2.05, 4.69) is 9.97 Å². The summed E-state index contributed by atoms with van der Waals surface area (Å²) in [6.45, 7) is 8.31. The summed E-state index contributed by atoms with van der Waals surface area (Å²) >= 11 is 0. The van der Waals surface area contributed by atoms with Gasteiger partial charge in [-0.05, 0) is 58.7 Å². The maximum absolute atomic E-state index is 12.7. The lowest BCUT2D eigenvalue weighted by atomic mass is 9.97. The first-order valence-electron chi connectivity index (χ1n) is 10.2. The van der Waals surface area contributed by atoms with Crippen molar-refractivity contribution >= 4 is 28.9 Å². The number of likely N-dealkylation sites (tertiary alicyclic amines) is 1. The fourth-order valence-corrected chi connectivity index (χ4v) is 3.49. The Hall–Kier alpha value is -3.03. The van der Waals surface area contributed by atoms with E-state index >= 15 is 0 Å². The fourth-order valence-electron chi connectivity index (χ4n) is 3.49. The number of rotatable bonds is 5. The lowest BCUT2D eigenvalue weighted by Crippen LogP contribution is -2.45. The van der Waals surface area contributed by atoms with E-state index in [9.17, 15) is 14.4 Å². The monoisotopic (exact) mass is 413 g/mol. The van der Waals surface area contributed by atoms with E-state index in [0.717, 1.165) is 11.4 Å². The molecule has 1 unspecified atom stereocenters. The van der Waals surface area contributed by atoms with Gasteiger partial charge in [0.05, 0.1) is 40.5 Å². The smallest absolute Gasteiger partial charge is 0.338 e. The van der Waals surface area contributed by atoms with Crippen molar-refractivity contribution in [3.05, 3.63) is 35.2 Å². The third kappa shape index (κ3) is 4.75. The Morgan fingerprint density at radius 1 is 1.10 bits per heavy atom. The van der Waals surface area contributed by atoms with Crippen molar-refractivity contribution in [3.63, 3.8) is 0 Å². The number of carbonyl (C=O) groups excluding carboxylic acids is 3. The summed E-state index contributed by atoms with van der Waals surface area (Å²) in [4.78, 5) is 47.6. The number of piperidine rings is 1. The zero-order valence-corrected chi connectivity index (χ0v) is 17.8. The van der Waals surface area contributed by atoms with Crippen molar-refractivity contribution in [1.82, 2.24) is 14.9 Å². The highest BCUT2D eigenvalue weighted by Crippen LogP contribution is 2.20. The summed E-state index contributed by atoms with van der Waals surface area (Å²) in [6, 6.07) is 4.97. The number of nitrogens with zero attached hydrogens (tertiary/aromatic N) is 3. The Bertz CT molecular complexity index is 967. The normalized spacial score (nSPS) is 15.7. The number of aryl methyl sites for hydroxylation is 2. The predicted molar refractivity (Wildman–Crippen MR) is 110 cm³/mol. The molecule has 1 amide bonds. The summed E-state index contributed by atoms with van der Waals surface area (Å²) in [7, 11) is 0. The first-order chi connectivity index (χ1) is 14.3. The zero-order chi connectivity index (χ0) is 21.8. The minimum absolute atomic E-state index is 0.183. The number of ether oxygens (including phenoxy) is 2. The molecule has 0 saturated carbocycles. The second-order valence-corrected chi connectivity index (χ2v) is 7.50. The predicted octanol–water partition coefficient (Wildman–Crippen LogP) is 2.59. The van der Waals surface area contributed by atoms with Crippen LogP contribution < -0.4 is 0 Å². The van der Waals surface area contributed by atoms with Crippen LogP contribution in [-0.2, 0) is 19.1 Å². The van der Waals surface area contributed by atoms with Gasteiger partial charge in [-0.1, -0.05) is 0 Å². The molecule has 1 aliphatic rings. The fraction of sp³-hybridized carbons (Fsp3) is 0.500. The standard InChI is InChI=1S/C22H27N3O5/c1-5-29-21(27)16-8-10-25(11-9-16)20(26)15(4)30-22(28)17-6-7-18-19(12-17)24-14(3)13(2)23-18/h6-7,12,15-16H,5,8-11H2,1-4H3. The van der Waals surface area contributed by atoms with Crippen LogP contribution >= 0.6 is 0 Å². The molecule has 0 bridgehead atoms. The molecule has 0 spiro atoms. The first kappa shape index (κ1) is 21.7. The van der Waals surface area contributed by atoms with E-state index in [4.69, 9.17) is 9.47 Å². The van der Waals surface area contributed by atoms with Gasteiger partial charge in [-0.3, -0.25) is 9.59 Å². The summed E-state index contributed by atoms with van der Waals surface area (Å²) in [5.41, 5.74) is 3.25. The molecule has 1 aromatic carbocycles. The van der Waals surface area contributed by atoms with Gasteiger partial charge in [0.2, 0.25) is 0 Å². The van der Waals surface area contributed by atoms with Gasteiger partial charge in [0.1, 0.15) is 0 Å². The molecule has 2 heterocycles. The Morgan fingerprint density at radius 3 is 2.37 bits per heavy atom. The molecular weight excluding hydrogens is 386 g/mol. The van der Waals surface area contributed by atoms with Gasteiger partial charge in [0, 0.05) is 13.1 Å². The van der Waals surface area contributed by atoms with Gasteiger partial charge < -0.3 is 14.4 Å². The maximum atomic E-state index is 12.7. The van der Waals surface area contributed by atoms with Crippen LogP contribution in [0.1, 0.15) is 48.4 Å². The minimum Gasteiger partial charge on any atom is -0.466 e. The highest BCUT2D eigenvalue weighted by Gasteiger charge is 2.31. The molecular formula is C22H27N3O5. The average molecular weight is 413 g/mol. The summed E-state index contributed by atoms with van der Waals surface area (Å²) in [5, 5.41) is 0. The van der Waals surface area contributed by atoms with Gasteiger partial charge in [-0.2, -0.15) is 0 Å². The van der Waals surface area contributed by atoms with Crippen molar-refractivity contribution in [2.24, 2.45) is 5.92 Å². The number of aromatic nitrogens is 2. The number of benzene rings is 1. The number of esters is 2. The number of hydrogen-bond acceptors (Lipinski definition) is 7. The van der Waals surface area contributed by atoms with E-state index in [1.165, 1.54) is 0 Å². The van der Waals surface area contributed by atoms with Crippen molar-refractivity contribution in [3.8, 4) is 0 Å². The van der Waals surface area contributed by atoms with Gasteiger partial charge in [-0.25, -0.2) is 14.8 Å². The number of amides is 1. The molecule has 0 radical (unpaired) electrons. The Kier molecular flexibility index (Phi) is 6.64. The lowest BCUT2D eigenvalue weighted by Gasteiger charge is -2.32. The Balaban J connectivity index is 1.60. The van der Waals surface area contributed by atoms with Crippen molar-refractivity contribution in [1.29, 1.82) is 0 Å². The van der Waals surface area contributed by atoms with Gasteiger partial charge in [0.25, 0.3) is 5.91 Å². The quantitative estimate of drug-likeness (QED) is 0.695. The molecule has 30 heavy (non-hydrogen) atoms. The van der Waals surface area contributed by atoms with Crippen LogP contribution in [-0.4, -0.2) is 58.5 Å². The number of carbonyl (C=O) groups is 3. The molecule has 1 atom stereocenters. The molecule has 0 N–H and O–H groups in total. The van der Waals surface area contributed by atoms with E-state index in [1.54, 1.807) is 36.9 Å². The van der Waals surface area contributed by atoms with Gasteiger partial charge in [-0.15, -0.1) is 0 Å². The molecule has 1 saturated heterocycles. The van der Waals surface area contributed by atoms with Gasteiger partial charge in [0.15, 0.2) is 6.10 Å². The molecule has 1 aliphatic heterocycles. The van der Waals surface area contributed by atoms with Crippen LogP contribution in [0, 0.1) is 19.8 Å². The molecule has 3 rings (SSSR count). The van der Waals surface area contributed by atoms with Crippen molar-refractivity contribution in [2.45, 2.75) is 46.6 Å². The minimum atomic E-state index is -0.918. The molecule has 2 aromatic rings. The van der Waals surface area contributed by atoms with E-state index in [-0.39, 0.29) is 17.8 Å². The highest BCUT2D eigenvalue weighted by molar-refractivity contribution is 5.95. The topological polar surface area (TPSA) is 98.7 Å². The van der Waals surface area contributed by atoms with Crippen molar-refractivity contribution in [2.75, 3.05) is 19.7 Å². The maximum Gasteiger partial charge on any atom is 0.338 e. The molecule has 1 fully saturated rings. The second kappa shape index (κ2) is 9.19.